The van der Waals surface area contributed by atoms with E-state index in [1.165, 1.54) is 18.6 Å². The van der Waals surface area contributed by atoms with Gasteiger partial charge in [-0.1, -0.05) is 13.8 Å². The highest BCUT2D eigenvalue weighted by atomic mass is 16.6. The summed E-state index contributed by atoms with van der Waals surface area (Å²) in [6.07, 6.45) is 1.21. The van der Waals surface area contributed by atoms with E-state index in [4.69, 9.17) is 4.74 Å². The fourth-order valence-electron chi connectivity index (χ4n) is 3.86. The largest absolute Gasteiger partial charge is 0.462 e. The predicted octanol–water partition coefficient (Wildman–Crippen LogP) is 2.87. The number of nitrogens with one attached hydrogen (secondary N) is 1. The van der Waals surface area contributed by atoms with E-state index < -0.39 is 16.8 Å². The van der Waals surface area contributed by atoms with Crippen LogP contribution in [0.3, 0.4) is 0 Å². The Hall–Kier alpha value is -2.48. The molecule has 8 nitrogen and oxygen atoms in total. The zero-order valence-corrected chi connectivity index (χ0v) is 16.9. The van der Waals surface area contributed by atoms with Crippen molar-refractivity contribution in [1.82, 2.24) is 10.2 Å². The number of nitro benzene ring substituents is 1. The van der Waals surface area contributed by atoms with Crippen molar-refractivity contribution in [2.24, 2.45) is 11.8 Å². The Morgan fingerprint density at radius 1 is 1.25 bits per heavy atom. The number of benzene rings is 1. The fourth-order valence-corrected chi connectivity index (χ4v) is 3.86. The second-order valence-electron chi connectivity index (χ2n) is 7.79. The van der Waals surface area contributed by atoms with Crippen molar-refractivity contribution in [3.05, 3.63) is 39.4 Å². The Kier molecular flexibility index (Phi) is 7.51. The van der Waals surface area contributed by atoms with E-state index in [2.05, 4.69) is 24.1 Å². The first-order valence-electron chi connectivity index (χ1n) is 9.69. The lowest BCUT2D eigenvalue weighted by atomic mass is 9.92. The number of amides is 1. The van der Waals surface area contributed by atoms with Gasteiger partial charge in [0.2, 0.25) is 0 Å². The summed E-state index contributed by atoms with van der Waals surface area (Å²) in [4.78, 5) is 37.5. The summed E-state index contributed by atoms with van der Waals surface area (Å²) in [7, 11) is 0. The number of carbonyl (C=O) groups is 2. The second-order valence-corrected chi connectivity index (χ2v) is 7.79. The average molecular weight is 391 g/mol. The van der Waals surface area contributed by atoms with E-state index in [1.54, 1.807) is 6.92 Å². The van der Waals surface area contributed by atoms with Gasteiger partial charge < -0.3 is 15.0 Å². The van der Waals surface area contributed by atoms with Crippen molar-refractivity contribution >= 4 is 17.6 Å². The molecule has 1 fully saturated rings. The van der Waals surface area contributed by atoms with Crippen LogP contribution in [0.25, 0.3) is 0 Å². The molecule has 1 N–H and O–H groups in total. The van der Waals surface area contributed by atoms with E-state index in [1.807, 2.05) is 6.92 Å². The van der Waals surface area contributed by atoms with Crippen LogP contribution in [0.1, 0.15) is 54.8 Å². The van der Waals surface area contributed by atoms with E-state index in [9.17, 15) is 19.7 Å². The quantitative estimate of drug-likeness (QED) is 0.436. The van der Waals surface area contributed by atoms with Gasteiger partial charge in [0.05, 0.1) is 17.1 Å². The maximum Gasteiger partial charge on any atom is 0.338 e. The van der Waals surface area contributed by atoms with Gasteiger partial charge in [0.1, 0.15) is 0 Å². The highest BCUT2D eigenvalue weighted by molar-refractivity contribution is 5.99. The van der Waals surface area contributed by atoms with Gasteiger partial charge in [0.25, 0.3) is 11.6 Å². The molecule has 0 bridgehead atoms. The summed E-state index contributed by atoms with van der Waals surface area (Å²) < 4.78 is 4.90. The topological polar surface area (TPSA) is 102 Å². The second kappa shape index (κ2) is 9.64. The molecule has 3 unspecified atom stereocenters. The van der Waals surface area contributed by atoms with Crippen molar-refractivity contribution in [3.8, 4) is 0 Å². The first kappa shape index (κ1) is 21.8. The van der Waals surface area contributed by atoms with Gasteiger partial charge in [-0.15, -0.1) is 0 Å². The van der Waals surface area contributed by atoms with Gasteiger partial charge in [0.15, 0.2) is 0 Å². The number of hydrogen-bond acceptors (Lipinski definition) is 6. The van der Waals surface area contributed by atoms with Crippen molar-refractivity contribution in [2.45, 2.75) is 40.2 Å². The molecule has 2 rings (SSSR count). The van der Waals surface area contributed by atoms with Gasteiger partial charge in [-0.25, -0.2) is 4.79 Å². The number of likely N-dealkylation sites (tertiary alicyclic amines) is 1. The third kappa shape index (κ3) is 6.02. The lowest BCUT2D eigenvalue weighted by Crippen LogP contribution is -2.47. The third-order valence-electron chi connectivity index (χ3n) is 4.76. The number of hydrogen-bond donors (Lipinski definition) is 1. The van der Waals surface area contributed by atoms with Crippen molar-refractivity contribution in [3.63, 3.8) is 0 Å². The Balaban J connectivity index is 2.09. The van der Waals surface area contributed by atoms with Crippen LogP contribution in [-0.2, 0) is 4.74 Å². The van der Waals surface area contributed by atoms with Crippen molar-refractivity contribution in [1.29, 1.82) is 0 Å². The number of nitro groups is 1. The first-order valence-corrected chi connectivity index (χ1v) is 9.69. The highest BCUT2D eigenvalue weighted by Gasteiger charge is 2.24. The summed E-state index contributed by atoms with van der Waals surface area (Å²) in [5, 5.41) is 14.1. The molecule has 0 saturated carbocycles. The Morgan fingerprint density at radius 3 is 2.43 bits per heavy atom. The minimum Gasteiger partial charge on any atom is -0.462 e. The lowest BCUT2D eigenvalue weighted by molar-refractivity contribution is -0.384. The number of esters is 1. The Labute approximate surface area is 165 Å². The summed E-state index contributed by atoms with van der Waals surface area (Å²) >= 11 is 0. The predicted molar refractivity (Wildman–Crippen MR) is 105 cm³/mol. The van der Waals surface area contributed by atoms with E-state index in [0.29, 0.717) is 18.4 Å². The van der Waals surface area contributed by atoms with Crippen molar-refractivity contribution in [2.75, 3.05) is 26.2 Å². The van der Waals surface area contributed by atoms with E-state index >= 15 is 0 Å². The molecule has 0 radical (unpaired) electrons. The Morgan fingerprint density at radius 2 is 1.86 bits per heavy atom. The highest BCUT2D eigenvalue weighted by Crippen LogP contribution is 2.21. The van der Waals surface area contributed by atoms with Crippen LogP contribution in [0.4, 0.5) is 5.69 Å². The molecule has 28 heavy (non-hydrogen) atoms. The van der Waals surface area contributed by atoms with Crippen LogP contribution in [0.15, 0.2) is 18.2 Å². The minimum absolute atomic E-state index is 0.00691. The average Bonchev–Trinajstić information content (AvgIpc) is 2.60. The van der Waals surface area contributed by atoms with E-state index in [-0.39, 0.29) is 29.5 Å². The molecule has 1 amide bonds. The van der Waals surface area contributed by atoms with Crippen molar-refractivity contribution < 1.29 is 19.2 Å². The molecule has 1 aliphatic rings. The monoisotopic (exact) mass is 391 g/mol. The summed E-state index contributed by atoms with van der Waals surface area (Å²) in [6, 6.07) is 3.50. The van der Waals surface area contributed by atoms with Gasteiger partial charge >= 0.3 is 5.97 Å². The first-order chi connectivity index (χ1) is 13.2. The molecular formula is C20H29N3O5. The molecular weight excluding hydrogens is 362 g/mol. The van der Waals surface area contributed by atoms with E-state index in [0.717, 1.165) is 19.2 Å². The number of nitrogens with zero attached hydrogens (tertiary/aromatic N) is 2. The molecule has 1 aliphatic heterocycles. The van der Waals surface area contributed by atoms with Gasteiger partial charge in [-0.3, -0.25) is 14.9 Å². The Bertz CT molecular complexity index is 727. The maximum atomic E-state index is 12.6. The number of carbonyl (C=O) groups excluding carboxylic acids is 2. The summed E-state index contributed by atoms with van der Waals surface area (Å²) in [5.41, 5.74) is -0.251. The number of rotatable bonds is 7. The van der Waals surface area contributed by atoms with Crippen LogP contribution in [-0.4, -0.2) is 54.0 Å². The zero-order valence-electron chi connectivity index (χ0n) is 16.9. The number of piperidine rings is 1. The van der Waals surface area contributed by atoms with Crippen LogP contribution < -0.4 is 5.32 Å². The van der Waals surface area contributed by atoms with Crippen LogP contribution >= 0.6 is 0 Å². The van der Waals surface area contributed by atoms with Crippen LogP contribution in [0, 0.1) is 22.0 Å². The molecule has 8 heteroatoms. The maximum absolute atomic E-state index is 12.6. The smallest absolute Gasteiger partial charge is 0.338 e. The molecule has 1 saturated heterocycles. The lowest BCUT2D eigenvalue weighted by Gasteiger charge is -2.36. The van der Waals surface area contributed by atoms with Crippen LogP contribution in [0.2, 0.25) is 0 Å². The molecule has 1 aromatic rings. The SMILES string of the molecule is CCOC(=O)c1cc(C(=O)NC(C)CN2CC(C)CC(C)C2)cc([N+](=O)[O-])c1. The number of ether oxygens (including phenoxy) is 1. The molecule has 154 valence electrons. The minimum atomic E-state index is -0.690. The molecule has 1 heterocycles. The molecule has 1 aromatic carbocycles. The summed E-state index contributed by atoms with van der Waals surface area (Å²) in [6.45, 7) is 10.9. The normalized spacial score (nSPS) is 21.0. The third-order valence-corrected chi connectivity index (χ3v) is 4.76. The molecule has 3 atom stereocenters. The van der Waals surface area contributed by atoms with Crippen LogP contribution in [0.5, 0.6) is 0 Å². The molecule has 0 aromatic heterocycles. The summed E-state index contributed by atoms with van der Waals surface area (Å²) in [5.74, 6) is 0.107. The standard InChI is InChI=1S/C20H29N3O5/c1-5-28-20(25)17-7-16(8-18(9-17)23(26)27)19(24)21-15(4)12-22-10-13(2)6-14(3)11-22/h7-9,13-15H,5-6,10-12H2,1-4H3,(H,21,24). The number of non-ortho nitro benzene ring substituents is 1. The molecule has 0 aliphatic carbocycles. The van der Waals surface area contributed by atoms with Gasteiger partial charge in [-0.2, -0.15) is 0 Å². The molecule has 0 spiro atoms. The fraction of sp³-hybridized carbons (Fsp3) is 0.600. The van der Waals surface area contributed by atoms with Gasteiger partial charge in [0, 0.05) is 43.4 Å². The zero-order chi connectivity index (χ0) is 20.8. The van der Waals surface area contributed by atoms with Gasteiger partial charge in [-0.05, 0) is 38.2 Å².